The molecular formula is C32H37N5O10. The second-order valence-electron chi connectivity index (χ2n) is 10.2. The fourth-order valence-electron chi connectivity index (χ4n) is 4.62. The standard InChI is InChI=1S/C32H37N5O10/c1-21-27(28(22-9-8-10-23(17-22)37(42)43)29(30(39)44-2)26(18-33)36-21)31(40)45-15-6-7-16-46-32(41)35-14-13-34-19-24(38)20-47-25-11-4-3-5-12-25/h3-5,8-12,17,24,28,34,36,38H,6-7,13-16,19-20H2,1-2H3,(H,35,41). The Morgan fingerprint density at radius 3 is 2.45 bits per heavy atom. The molecule has 15 heteroatoms. The Hall–Kier alpha value is -5.46. The molecule has 2 atom stereocenters. The molecule has 47 heavy (non-hydrogen) atoms. The molecule has 1 amide bonds. The number of para-hydroxylation sites is 1. The predicted octanol–water partition coefficient (Wildman–Crippen LogP) is 2.59. The molecule has 0 spiro atoms. The molecule has 2 unspecified atom stereocenters. The van der Waals surface area contributed by atoms with E-state index in [2.05, 4.69) is 16.0 Å². The number of methoxy groups -OCH3 is 1. The Balaban J connectivity index is 1.42. The molecule has 0 bridgehead atoms. The van der Waals surface area contributed by atoms with E-state index in [1.807, 2.05) is 24.3 Å². The Labute approximate surface area is 271 Å². The van der Waals surface area contributed by atoms with Crippen molar-refractivity contribution >= 4 is 23.7 Å². The van der Waals surface area contributed by atoms with Crippen molar-refractivity contribution in [2.45, 2.75) is 31.8 Å². The number of nitriles is 1. The number of nitrogens with zero attached hydrogens (tertiary/aromatic N) is 2. The van der Waals surface area contributed by atoms with Crippen molar-refractivity contribution in [3.63, 3.8) is 0 Å². The molecule has 0 aliphatic carbocycles. The number of carbonyl (C=O) groups excluding carboxylic acids is 3. The summed E-state index contributed by atoms with van der Waals surface area (Å²) in [6, 6.07) is 16.4. The lowest BCUT2D eigenvalue weighted by Gasteiger charge is -2.29. The Kier molecular flexibility index (Phi) is 14.2. The molecule has 0 saturated carbocycles. The van der Waals surface area contributed by atoms with Crippen LogP contribution in [0.5, 0.6) is 5.75 Å². The number of hydrogen-bond acceptors (Lipinski definition) is 13. The zero-order chi connectivity index (χ0) is 34.2. The molecule has 4 N–H and O–H groups in total. The van der Waals surface area contributed by atoms with Gasteiger partial charge in [0, 0.05) is 37.5 Å². The molecule has 1 aliphatic heterocycles. The number of carbonyl (C=O) groups is 3. The fourth-order valence-corrected chi connectivity index (χ4v) is 4.62. The number of non-ortho nitro benzene ring substituents is 1. The normalized spacial score (nSPS) is 14.7. The van der Waals surface area contributed by atoms with E-state index in [0.717, 1.165) is 7.11 Å². The number of esters is 2. The van der Waals surface area contributed by atoms with Gasteiger partial charge < -0.3 is 40.0 Å². The number of nitrogens with one attached hydrogen (secondary N) is 3. The molecule has 1 aliphatic rings. The number of unbranched alkanes of at least 4 members (excludes halogenated alkanes) is 1. The van der Waals surface area contributed by atoms with Crippen LogP contribution in [0.15, 0.2) is 77.1 Å². The zero-order valence-corrected chi connectivity index (χ0v) is 26.0. The maximum Gasteiger partial charge on any atom is 0.407 e. The number of nitro groups is 1. The summed E-state index contributed by atoms with van der Waals surface area (Å²) < 4.78 is 20.9. The summed E-state index contributed by atoms with van der Waals surface area (Å²) in [6.45, 7) is 2.61. The van der Waals surface area contributed by atoms with Gasteiger partial charge in [-0.15, -0.1) is 0 Å². The van der Waals surface area contributed by atoms with Crippen molar-refractivity contribution in [2.24, 2.45) is 0 Å². The maximum atomic E-state index is 13.3. The van der Waals surface area contributed by atoms with Crippen LogP contribution in [-0.4, -0.2) is 80.7 Å². The first-order valence-corrected chi connectivity index (χ1v) is 14.7. The number of alkyl carbamates (subject to hydrolysis) is 1. The summed E-state index contributed by atoms with van der Waals surface area (Å²) in [5.74, 6) is -2.19. The average molecular weight is 652 g/mol. The van der Waals surface area contributed by atoms with Gasteiger partial charge in [0.2, 0.25) is 0 Å². The number of rotatable bonds is 17. The molecule has 0 fully saturated rings. The fraction of sp³-hybridized carbons (Fsp3) is 0.375. The van der Waals surface area contributed by atoms with Crippen molar-refractivity contribution in [2.75, 3.05) is 46.6 Å². The highest BCUT2D eigenvalue weighted by Gasteiger charge is 2.39. The molecule has 2 aromatic carbocycles. The number of ether oxygens (including phenoxy) is 4. The largest absolute Gasteiger partial charge is 0.491 e. The van der Waals surface area contributed by atoms with Gasteiger partial charge in [-0.05, 0) is 37.5 Å². The van der Waals surface area contributed by atoms with Gasteiger partial charge in [-0.2, -0.15) is 5.26 Å². The maximum absolute atomic E-state index is 13.3. The number of dihydropyridines is 1. The summed E-state index contributed by atoms with van der Waals surface area (Å²) in [6.07, 6.45) is -0.629. The number of nitro benzene ring substituents is 1. The van der Waals surface area contributed by atoms with Crippen molar-refractivity contribution in [3.05, 3.63) is 92.8 Å². The van der Waals surface area contributed by atoms with E-state index in [9.17, 15) is 34.9 Å². The predicted molar refractivity (Wildman–Crippen MR) is 167 cm³/mol. The zero-order valence-electron chi connectivity index (χ0n) is 26.0. The van der Waals surface area contributed by atoms with Crippen LogP contribution in [0.4, 0.5) is 10.5 Å². The molecule has 3 rings (SSSR count). The van der Waals surface area contributed by atoms with Crippen molar-refractivity contribution in [1.29, 1.82) is 5.26 Å². The van der Waals surface area contributed by atoms with Crippen molar-refractivity contribution in [3.8, 4) is 11.8 Å². The summed E-state index contributed by atoms with van der Waals surface area (Å²) in [4.78, 5) is 48.8. The van der Waals surface area contributed by atoms with Crippen LogP contribution >= 0.6 is 0 Å². The first-order chi connectivity index (χ1) is 22.7. The van der Waals surface area contributed by atoms with Crippen LogP contribution in [0.3, 0.4) is 0 Å². The second-order valence-corrected chi connectivity index (χ2v) is 10.2. The molecule has 15 nitrogen and oxygen atoms in total. The first-order valence-electron chi connectivity index (χ1n) is 14.7. The van der Waals surface area contributed by atoms with Gasteiger partial charge in [0.1, 0.15) is 30.2 Å². The number of amides is 1. The van der Waals surface area contributed by atoms with E-state index in [1.165, 1.54) is 31.2 Å². The minimum atomic E-state index is -1.17. The third-order valence-corrected chi connectivity index (χ3v) is 6.86. The molecule has 0 radical (unpaired) electrons. The van der Waals surface area contributed by atoms with E-state index in [4.69, 9.17) is 18.9 Å². The molecule has 250 valence electrons. The second kappa shape index (κ2) is 18.5. The lowest BCUT2D eigenvalue weighted by atomic mass is 9.80. The monoisotopic (exact) mass is 651 g/mol. The summed E-state index contributed by atoms with van der Waals surface area (Å²) in [5.41, 5.74) is -0.151. The SMILES string of the molecule is COC(=O)C1=C(C#N)NC(C)=C(C(=O)OCCCCOC(=O)NCCNCC(O)COc2ccccc2)C1c1cccc([N+](=O)[O-])c1. The highest BCUT2D eigenvalue weighted by atomic mass is 16.6. The highest BCUT2D eigenvalue weighted by molar-refractivity contribution is 6.00. The third kappa shape index (κ3) is 10.8. The minimum Gasteiger partial charge on any atom is -0.491 e. The van der Waals surface area contributed by atoms with Crippen LogP contribution in [-0.2, 0) is 23.8 Å². The quantitative estimate of drug-likeness (QED) is 0.0638. The van der Waals surface area contributed by atoms with Gasteiger partial charge in [-0.3, -0.25) is 10.1 Å². The minimum absolute atomic E-state index is 0.00891. The van der Waals surface area contributed by atoms with E-state index >= 15 is 0 Å². The van der Waals surface area contributed by atoms with Crippen molar-refractivity contribution in [1.82, 2.24) is 16.0 Å². The van der Waals surface area contributed by atoms with Crippen LogP contribution in [0, 0.1) is 21.4 Å². The van der Waals surface area contributed by atoms with Crippen LogP contribution in [0.25, 0.3) is 0 Å². The number of allylic oxidation sites excluding steroid dienone is 2. The third-order valence-electron chi connectivity index (χ3n) is 6.86. The Morgan fingerprint density at radius 1 is 1.04 bits per heavy atom. The van der Waals surface area contributed by atoms with E-state index in [0.29, 0.717) is 25.1 Å². The van der Waals surface area contributed by atoms with Gasteiger partial charge in [0.25, 0.3) is 5.69 Å². The highest BCUT2D eigenvalue weighted by Crippen LogP contribution is 2.40. The number of benzene rings is 2. The molecule has 1 heterocycles. The van der Waals surface area contributed by atoms with Gasteiger partial charge in [-0.1, -0.05) is 30.3 Å². The molecule has 2 aromatic rings. The van der Waals surface area contributed by atoms with E-state index < -0.39 is 35.0 Å². The number of aliphatic hydroxyl groups is 1. The summed E-state index contributed by atoms with van der Waals surface area (Å²) in [7, 11) is 1.12. The van der Waals surface area contributed by atoms with E-state index in [-0.39, 0.29) is 66.7 Å². The number of aliphatic hydroxyl groups excluding tert-OH is 1. The summed E-state index contributed by atoms with van der Waals surface area (Å²) >= 11 is 0. The van der Waals surface area contributed by atoms with Crippen LogP contribution in [0.2, 0.25) is 0 Å². The molecule has 0 aromatic heterocycles. The van der Waals surface area contributed by atoms with Gasteiger partial charge >= 0.3 is 18.0 Å². The van der Waals surface area contributed by atoms with Crippen LogP contribution < -0.4 is 20.7 Å². The smallest absolute Gasteiger partial charge is 0.407 e. The van der Waals surface area contributed by atoms with Crippen molar-refractivity contribution < 1.29 is 43.4 Å². The van der Waals surface area contributed by atoms with Gasteiger partial charge in [0.15, 0.2) is 0 Å². The van der Waals surface area contributed by atoms with Gasteiger partial charge in [0.05, 0.1) is 42.3 Å². The Morgan fingerprint density at radius 2 is 1.77 bits per heavy atom. The molecule has 0 saturated heterocycles. The lowest BCUT2D eigenvalue weighted by molar-refractivity contribution is -0.384. The lowest BCUT2D eigenvalue weighted by Crippen LogP contribution is -2.37. The van der Waals surface area contributed by atoms with E-state index in [1.54, 1.807) is 12.1 Å². The number of hydrogen-bond donors (Lipinski definition) is 4. The van der Waals surface area contributed by atoms with Gasteiger partial charge in [-0.25, -0.2) is 14.4 Å². The summed E-state index contributed by atoms with van der Waals surface area (Å²) in [5, 5.41) is 39.4. The Bertz CT molecular complexity index is 1520. The average Bonchev–Trinajstić information content (AvgIpc) is 3.08. The first kappa shape index (κ1) is 36.0. The van der Waals surface area contributed by atoms with Crippen LogP contribution in [0.1, 0.15) is 31.2 Å². The topological polar surface area (TPSA) is 211 Å². The molecular weight excluding hydrogens is 614 g/mol.